The van der Waals surface area contributed by atoms with Crippen LogP contribution in [0.5, 0.6) is 6.01 Å². The highest BCUT2D eigenvalue weighted by atomic mass is 16.5. The first-order chi connectivity index (χ1) is 15.4. The number of carboxylic acids is 1. The molecule has 0 aliphatic carbocycles. The maximum Gasteiger partial charge on any atom is 0.316 e. The van der Waals surface area contributed by atoms with Gasteiger partial charge in [0.05, 0.1) is 16.4 Å². The zero-order valence-electron chi connectivity index (χ0n) is 18.2. The van der Waals surface area contributed by atoms with Crippen molar-refractivity contribution in [2.24, 2.45) is 5.41 Å². The summed E-state index contributed by atoms with van der Waals surface area (Å²) in [6.45, 7) is 6.09. The van der Waals surface area contributed by atoms with E-state index in [1.54, 1.807) is 26.2 Å². The number of carbonyl (C=O) groups is 1. The Morgan fingerprint density at radius 1 is 1.06 bits per heavy atom. The Morgan fingerprint density at radius 2 is 1.75 bits per heavy atom. The van der Waals surface area contributed by atoms with Crippen molar-refractivity contribution >= 4 is 28.6 Å². The van der Waals surface area contributed by atoms with Gasteiger partial charge in [0, 0.05) is 30.2 Å². The molecule has 2 aromatic carbocycles. The summed E-state index contributed by atoms with van der Waals surface area (Å²) >= 11 is 0. The van der Waals surface area contributed by atoms with Crippen LogP contribution in [-0.2, 0) is 11.3 Å². The molecule has 0 amide bonds. The monoisotopic (exact) mass is 431 g/mol. The number of para-hydroxylation sites is 2. The van der Waals surface area contributed by atoms with Crippen molar-refractivity contribution < 1.29 is 14.6 Å². The van der Waals surface area contributed by atoms with Crippen LogP contribution in [0.3, 0.4) is 0 Å². The fourth-order valence-electron chi connectivity index (χ4n) is 3.21. The summed E-state index contributed by atoms with van der Waals surface area (Å²) in [5.74, 6) is -0.132. The first kappa shape index (κ1) is 21.3. The number of nitrogens with one attached hydrogen (secondary N) is 1. The number of nitrogens with zero attached hydrogens (tertiary/aromatic N) is 4. The molecule has 4 rings (SSSR count). The molecule has 4 aromatic rings. The Morgan fingerprint density at radius 3 is 2.41 bits per heavy atom. The van der Waals surface area contributed by atoms with Gasteiger partial charge in [-0.15, -0.1) is 0 Å². The number of ether oxygens (including phenoxy) is 1. The molecule has 0 fully saturated rings. The van der Waals surface area contributed by atoms with Crippen molar-refractivity contribution in [2.75, 3.05) is 11.9 Å². The number of benzene rings is 2. The molecule has 2 heterocycles. The van der Waals surface area contributed by atoms with Crippen LogP contribution in [0.4, 0.5) is 11.6 Å². The molecule has 0 radical (unpaired) electrons. The standard InChI is InChI=1S/C24H25N5O3/c1-4-29-20-8-6-5-7-19(20)28-22(29)27-18-11-9-16(10-12-18)17-13-25-23(26-14-17)32-15-24(2,3)21(30)31/h5-14H,4,15H2,1-3H3,(H,27,28)(H,30,31). The summed E-state index contributed by atoms with van der Waals surface area (Å²) in [6.07, 6.45) is 3.32. The second-order valence-corrected chi connectivity index (χ2v) is 8.10. The van der Waals surface area contributed by atoms with E-state index in [9.17, 15) is 4.79 Å². The van der Waals surface area contributed by atoms with Crippen molar-refractivity contribution in [2.45, 2.75) is 27.3 Å². The molecule has 8 heteroatoms. The highest BCUT2D eigenvalue weighted by molar-refractivity contribution is 5.80. The van der Waals surface area contributed by atoms with Crippen LogP contribution >= 0.6 is 0 Å². The number of anilines is 2. The number of aryl methyl sites for hydroxylation is 1. The van der Waals surface area contributed by atoms with Crippen LogP contribution in [0.25, 0.3) is 22.2 Å². The van der Waals surface area contributed by atoms with E-state index in [2.05, 4.69) is 32.8 Å². The van der Waals surface area contributed by atoms with Gasteiger partial charge >= 0.3 is 12.0 Å². The Bertz CT molecular complexity index is 1230. The van der Waals surface area contributed by atoms with Gasteiger partial charge in [0.1, 0.15) is 6.61 Å². The van der Waals surface area contributed by atoms with Gasteiger partial charge in [-0.1, -0.05) is 24.3 Å². The van der Waals surface area contributed by atoms with Crippen molar-refractivity contribution in [3.63, 3.8) is 0 Å². The maximum absolute atomic E-state index is 11.2. The third kappa shape index (κ3) is 4.39. The minimum Gasteiger partial charge on any atom is -0.481 e. The van der Waals surface area contributed by atoms with E-state index in [-0.39, 0.29) is 12.6 Å². The fourth-order valence-corrected chi connectivity index (χ4v) is 3.21. The number of hydrogen-bond donors (Lipinski definition) is 2. The summed E-state index contributed by atoms with van der Waals surface area (Å²) in [7, 11) is 0. The van der Waals surface area contributed by atoms with Crippen LogP contribution in [-0.4, -0.2) is 37.2 Å². The molecule has 0 atom stereocenters. The Labute approximate surface area is 185 Å². The molecule has 32 heavy (non-hydrogen) atoms. The van der Waals surface area contributed by atoms with Crippen molar-refractivity contribution in [1.82, 2.24) is 19.5 Å². The minimum atomic E-state index is -1.01. The molecular formula is C24H25N5O3. The van der Waals surface area contributed by atoms with E-state index in [0.29, 0.717) is 0 Å². The summed E-state index contributed by atoms with van der Waals surface area (Å²) in [5, 5.41) is 12.6. The number of aliphatic carboxylic acids is 1. The highest BCUT2D eigenvalue weighted by Gasteiger charge is 2.28. The summed E-state index contributed by atoms with van der Waals surface area (Å²) in [6, 6.07) is 16.1. The maximum atomic E-state index is 11.2. The first-order valence-corrected chi connectivity index (χ1v) is 10.4. The Balaban J connectivity index is 1.45. The molecule has 0 saturated heterocycles. The second kappa shape index (κ2) is 8.66. The smallest absolute Gasteiger partial charge is 0.316 e. The third-order valence-electron chi connectivity index (χ3n) is 5.21. The first-order valence-electron chi connectivity index (χ1n) is 10.4. The van der Waals surface area contributed by atoms with Gasteiger partial charge in [-0.3, -0.25) is 4.79 Å². The molecule has 0 saturated carbocycles. The third-order valence-corrected chi connectivity index (χ3v) is 5.21. The molecule has 0 aliphatic heterocycles. The number of hydrogen-bond acceptors (Lipinski definition) is 6. The number of carboxylic acid groups (broad SMARTS) is 1. The number of aromatic nitrogens is 4. The number of imidazole rings is 1. The SMILES string of the molecule is CCn1c(Nc2ccc(-c3cnc(OCC(C)(C)C(=O)O)nc3)cc2)nc2ccccc21. The van der Waals surface area contributed by atoms with Crippen LogP contribution in [0, 0.1) is 5.41 Å². The van der Waals surface area contributed by atoms with E-state index in [1.165, 1.54) is 0 Å². The lowest BCUT2D eigenvalue weighted by atomic mass is 9.95. The van der Waals surface area contributed by atoms with E-state index in [1.807, 2.05) is 42.5 Å². The molecule has 2 aromatic heterocycles. The quantitative estimate of drug-likeness (QED) is 0.415. The van der Waals surface area contributed by atoms with Crippen molar-refractivity contribution in [3.05, 3.63) is 60.9 Å². The average Bonchev–Trinajstić information content (AvgIpc) is 3.15. The number of fused-ring (bicyclic) bond motifs is 1. The van der Waals surface area contributed by atoms with Gasteiger partial charge in [-0.05, 0) is 50.6 Å². The molecular weight excluding hydrogens is 406 g/mol. The predicted molar refractivity (Wildman–Crippen MR) is 123 cm³/mol. The molecule has 8 nitrogen and oxygen atoms in total. The lowest BCUT2D eigenvalue weighted by Crippen LogP contribution is -2.31. The predicted octanol–water partition coefficient (Wildman–Crippen LogP) is 4.75. The van der Waals surface area contributed by atoms with Crippen LogP contribution in [0.1, 0.15) is 20.8 Å². The molecule has 2 N–H and O–H groups in total. The largest absolute Gasteiger partial charge is 0.481 e. The van der Waals surface area contributed by atoms with Gasteiger partial charge < -0.3 is 19.7 Å². The number of rotatable bonds is 8. The fraction of sp³-hybridized carbons (Fsp3) is 0.250. The molecule has 0 spiro atoms. The lowest BCUT2D eigenvalue weighted by molar-refractivity contribution is -0.148. The summed E-state index contributed by atoms with van der Waals surface area (Å²) < 4.78 is 7.57. The second-order valence-electron chi connectivity index (χ2n) is 8.10. The van der Waals surface area contributed by atoms with E-state index in [4.69, 9.17) is 14.8 Å². The van der Waals surface area contributed by atoms with Crippen LogP contribution < -0.4 is 10.1 Å². The molecule has 164 valence electrons. The van der Waals surface area contributed by atoms with Crippen LogP contribution in [0.2, 0.25) is 0 Å². The van der Waals surface area contributed by atoms with E-state index in [0.717, 1.165) is 40.3 Å². The van der Waals surface area contributed by atoms with Crippen molar-refractivity contribution in [1.29, 1.82) is 0 Å². The zero-order chi connectivity index (χ0) is 22.7. The van der Waals surface area contributed by atoms with E-state index < -0.39 is 11.4 Å². The molecule has 0 unspecified atom stereocenters. The topological polar surface area (TPSA) is 102 Å². The summed E-state index contributed by atoms with van der Waals surface area (Å²) in [4.78, 5) is 24.3. The van der Waals surface area contributed by atoms with Gasteiger partial charge in [0.2, 0.25) is 5.95 Å². The van der Waals surface area contributed by atoms with Gasteiger partial charge in [-0.25, -0.2) is 15.0 Å². The van der Waals surface area contributed by atoms with Gasteiger partial charge in [-0.2, -0.15) is 0 Å². The van der Waals surface area contributed by atoms with Gasteiger partial charge in [0.15, 0.2) is 0 Å². The highest BCUT2D eigenvalue weighted by Crippen LogP contribution is 2.25. The Hall–Kier alpha value is -3.94. The normalized spacial score (nSPS) is 11.5. The average molecular weight is 431 g/mol. The minimum absolute atomic E-state index is 0.00935. The van der Waals surface area contributed by atoms with Crippen molar-refractivity contribution in [3.8, 4) is 17.1 Å². The summed E-state index contributed by atoms with van der Waals surface area (Å²) in [5.41, 5.74) is 3.76. The molecule has 0 aliphatic rings. The lowest BCUT2D eigenvalue weighted by Gasteiger charge is -2.18. The van der Waals surface area contributed by atoms with Gasteiger partial charge in [0.25, 0.3) is 0 Å². The van der Waals surface area contributed by atoms with E-state index >= 15 is 0 Å². The van der Waals surface area contributed by atoms with Crippen LogP contribution in [0.15, 0.2) is 60.9 Å². The zero-order valence-corrected chi connectivity index (χ0v) is 18.2. The molecule has 0 bridgehead atoms. The Kier molecular flexibility index (Phi) is 5.77.